The van der Waals surface area contributed by atoms with Crippen molar-refractivity contribution in [3.63, 3.8) is 0 Å². The van der Waals surface area contributed by atoms with Crippen LogP contribution in [0.4, 0.5) is 5.69 Å². The Kier molecular flexibility index (Phi) is 4.60. The maximum Gasteiger partial charge on any atom is 0.228 e. The first-order chi connectivity index (χ1) is 16.2. The van der Waals surface area contributed by atoms with Crippen LogP contribution in [0.5, 0.6) is 0 Å². The normalized spacial score (nSPS) is 16.3. The van der Waals surface area contributed by atoms with Gasteiger partial charge in [-0.05, 0) is 60.5 Å². The molecular formula is C26H22N6O. The standard InChI is InChI=1S/C26H22N6O/c27-13-17-1-3-18(4-2-17)20-12-24-25-29-9-10-32(25)23-6-5-22(11-21(23)16-31(24)15-20)30-26(33)19-7-8-28-14-19/h1-6,9-12,15,19,28H,7-8,14,16H2,(H,30,33). The van der Waals surface area contributed by atoms with Crippen LogP contribution in [-0.4, -0.2) is 33.1 Å². The van der Waals surface area contributed by atoms with E-state index >= 15 is 0 Å². The highest BCUT2D eigenvalue weighted by atomic mass is 16.1. The first kappa shape index (κ1) is 19.5. The van der Waals surface area contributed by atoms with Crippen LogP contribution < -0.4 is 10.6 Å². The minimum absolute atomic E-state index is 0.0232. The second-order valence-corrected chi connectivity index (χ2v) is 8.57. The Bertz CT molecular complexity index is 1400. The molecule has 1 amide bonds. The number of carbonyl (C=O) groups is 1. The summed E-state index contributed by atoms with van der Waals surface area (Å²) >= 11 is 0. The van der Waals surface area contributed by atoms with Gasteiger partial charge in [0.2, 0.25) is 5.91 Å². The van der Waals surface area contributed by atoms with Crippen molar-refractivity contribution in [2.24, 2.45) is 5.92 Å². The summed E-state index contributed by atoms with van der Waals surface area (Å²) in [7, 11) is 0. The average molecular weight is 435 g/mol. The van der Waals surface area contributed by atoms with Crippen molar-refractivity contribution in [2.75, 3.05) is 18.4 Å². The zero-order valence-corrected chi connectivity index (χ0v) is 18.0. The third kappa shape index (κ3) is 3.41. The fraction of sp³-hybridized carbons (Fsp3) is 0.192. The molecule has 0 saturated carbocycles. The lowest BCUT2D eigenvalue weighted by molar-refractivity contribution is -0.119. The molecule has 7 nitrogen and oxygen atoms in total. The summed E-state index contributed by atoms with van der Waals surface area (Å²) in [5.41, 5.74) is 6.79. The lowest BCUT2D eigenvalue weighted by atomic mass is 10.1. The van der Waals surface area contributed by atoms with E-state index in [-0.39, 0.29) is 11.8 Å². The second kappa shape index (κ2) is 7.76. The van der Waals surface area contributed by atoms with Gasteiger partial charge in [0.25, 0.3) is 0 Å². The molecule has 0 spiro atoms. The third-order valence-corrected chi connectivity index (χ3v) is 6.49. The molecule has 0 radical (unpaired) electrons. The monoisotopic (exact) mass is 434 g/mol. The summed E-state index contributed by atoms with van der Waals surface area (Å²) in [5, 5.41) is 15.4. The number of hydrogen-bond donors (Lipinski definition) is 2. The van der Waals surface area contributed by atoms with E-state index in [1.807, 2.05) is 42.7 Å². The van der Waals surface area contributed by atoms with Gasteiger partial charge < -0.3 is 15.2 Å². The van der Waals surface area contributed by atoms with E-state index in [2.05, 4.69) is 55.2 Å². The lowest BCUT2D eigenvalue weighted by Crippen LogP contribution is -2.24. The summed E-state index contributed by atoms with van der Waals surface area (Å²) in [6.07, 6.45) is 6.78. The molecule has 2 aromatic heterocycles. The van der Waals surface area contributed by atoms with Gasteiger partial charge in [0.05, 0.1) is 28.9 Å². The molecule has 7 heteroatoms. The number of carbonyl (C=O) groups excluding carboxylic acids is 1. The Morgan fingerprint density at radius 1 is 1.15 bits per heavy atom. The average Bonchev–Trinajstić information content (AvgIpc) is 3.59. The number of amides is 1. The molecule has 2 aliphatic rings. The van der Waals surface area contributed by atoms with Gasteiger partial charge in [0, 0.05) is 42.9 Å². The van der Waals surface area contributed by atoms with E-state index in [1.165, 1.54) is 0 Å². The second-order valence-electron chi connectivity index (χ2n) is 8.57. The van der Waals surface area contributed by atoms with E-state index in [4.69, 9.17) is 5.26 Å². The Labute approximate surface area is 191 Å². The molecule has 6 rings (SSSR count). The summed E-state index contributed by atoms with van der Waals surface area (Å²) in [5.74, 6) is 0.971. The zero-order valence-electron chi connectivity index (χ0n) is 18.0. The molecule has 0 aliphatic carbocycles. The summed E-state index contributed by atoms with van der Waals surface area (Å²) < 4.78 is 4.30. The number of benzene rings is 2. The van der Waals surface area contributed by atoms with Crippen LogP contribution in [-0.2, 0) is 11.3 Å². The maximum atomic E-state index is 12.6. The maximum absolute atomic E-state index is 12.6. The van der Waals surface area contributed by atoms with Crippen molar-refractivity contribution in [1.82, 2.24) is 19.4 Å². The van der Waals surface area contributed by atoms with Crippen molar-refractivity contribution in [3.05, 3.63) is 78.2 Å². The van der Waals surface area contributed by atoms with Gasteiger partial charge in [0.15, 0.2) is 5.82 Å². The SMILES string of the molecule is N#Cc1ccc(-c2cc3n(c2)Cc2cc(NC(=O)C4CCNC4)ccc2-n2ccnc2-3)cc1. The minimum Gasteiger partial charge on any atom is -0.340 e. The van der Waals surface area contributed by atoms with E-state index < -0.39 is 0 Å². The number of anilines is 1. The molecule has 1 atom stereocenters. The van der Waals surface area contributed by atoms with Gasteiger partial charge in [-0.1, -0.05) is 12.1 Å². The molecule has 0 bridgehead atoms. The largest absolute Gasteiger partial charge is 0.340 e. The summed E-state index contributed by atoms with van der Waals surface area (Å²) in [6, 6.07) is 18.0. The molecule has 162 valence electrons. The fourth-order valence-electron chi connectivity index (χ4n) is 4.74. The van der Waals surface area contributed by atoms with E-state index in [1.54, 1.807) is 0 Å². The number of imidazole rings is 1. The number of fused-ring (bicyclic) bond motifs is 5. The molecule has 1 unspecified atom stereocenters. The van der Waals surface area contributed by atoms with Crippen LogP contribution in [0.15, 0.2) is 67.1 Å². The van der Waals surface area contributed by atoms with Gasteiger partial charge in [-0.25, -0.2) is 4.98 Å². The number of nitrogens with zero attached hydrogens (tertiary/aromatic N) is 4. The molecule has 4 aromatic rings. The molecule has 2 N–H and O–H groups in total. The van der Waals surface area contributed by atoms with Crippen molar-refractivity contribution in [2.45, 2.75) is 13.0 Å². The Balaban J connectivity index is 1.37. The highest BCUT2D eigenvalue weighted by Crippen LogP contribution is 2.35. The number of rotatable bonds is 3. The Hall–Kier alpha value is -4.15. The van der Waals surface area contributed by atoms with Crippen molar-refractivity contribution in [1.29, 1.82) is 5.26 Å². The minimum atomic E-state index is 0.0232. The summed E-state index contributed by atoms with van der Waals surface area (Å²) in [6.45, 7) is 2.29. The number of hydrogen-bond acceptors (Lipinski definition) is 4. The van der Waals surface area contributed by atoms with Crippen LogP contribution in [0.2, 0.25) is 0 Å². The quantitative estimate of drug-likeness (QED) is 0.452. The van der Waals surface area contributed by atoms with Gasteiger partial charge in [0.1, 0.15) is 0 Å². The van der Waals surface area contributed by atoms with Crippen LogP contribution in [0, 0.1) is 17.2 Å². The van der Waals surface area contributed by atoms with E-state index in [9.17, 15) is 4.79 Å². The number of aromatic nitrogens is 3. The van der Waals surface area contributed by atoms with Crippen molar-refractivity contribution in [3.8, 4) is 34.4 Å². The van der Waals surface area contributed by atoms with Crippen molar-refractivity contribution >= 4 is 11.6 Å². The smallest absolute Gasteiger partial charge is 0.228 e. The van der Waals surface area contributed by atoms with E-state index in [0.29, 0.717) is 12.1 Å². The predicted octanol–water partition coefficient (Wildman–Crippen LogP) is 3.79. The first-order valence-corrected chi connectivity index (χ1v) is 11.1. The van der Waals surface area contributed by atoms with Crippen LogP contribution in [0.1, 0.15) is 17.5 Å². The van der Waals surface area contributed by atoms with E-state index in [0.717, 1.165) is 59.1 Å². The third-order valence-electron chi connectivity index (χ3n) is 6.49. The van der Waals surface area contributed by atoms with Gasteiger partial charge >= 0.3 is 0 Å². The van der Waals surface area contributed by atoms with Crippen LogP contribution in [0.3, 0.4) is 0 Å². The van der Waals surface area contributed by atoms with Crippen molar-refractivity contribution < 1.29 is 4.79 Å². The Morgan fingerprint density at radius 3 is 2.82 bits per heavy atom. The zero-order chi connectivity index (χ0) is 22.4. The molecule has 33 heavy (non-hydrogen) atoms. The highest BCUT2D eigenvalue weighted by molar-refractivity contribution is 5.93. The predicted molar refractivity (Wildman–Crippen MR) is 126 cm³/mol. The molecule has 4 heterocycles. The molecule has 1 saturated heterocycles. The fourth-order valence-corrected chi connectivity index (χ4v) is 4.74. The van der Waals surface area contributed by atoms with Gasteiger partial charge in [-0.15, -0.1) is 0 Å². The van der Waals surface area contributed by atoms with Crippen LogP contribution in [0.25, 0.3) is 28.3 Å². The topological polar surface area (TPSA) is 87.7 Å². The van der Waals surface area contributed by atoms with Gasteiger partial charge in [-0.3, -0.25) is 9.36 Å². The number of nitrogens with one attached hydrogen (secondary N) is 2. The molecule has 2 aliphatic heterocycles. The molecular weight excluding hydrogens is 412 g/mol. The van der Waals surface area contributed by atoms with Gasteiger partial charge in [-0.2, -0.15) is 5.26 Å². The van der Waals surface area contributed by atoms with Crippen LogP contribution >= 0.6 is 0 Å². The highest BCUT2D eigenvalue weighted by Gasteiger charge is 2.24. The Morgan fingerprint density at radius 2 is 2.03 bits per heavy atom. The lowest BCUT2D eigenvalue weighted by Gasteiger charge is -2.14. The molecule has 2 aromatic carbocycles. The first-order valence-electron chi connectivity index (χ1n) is 11.1. The summed E-state index contributed by atoms with van der Waals surface area (Å²) in [4.78, 5) is 17.3. The number of nitriles is 1. The molecule has 1 fully saturated rings.